The predicted octanol–water partition coefficient (Wildman–Crippen LogP) is 2.98. The number of benzene rings is 2. The first kappa shape index (κ1) is 18.3. The van der Waals surface area contributed by atoms with Crippen molar-refractivity contribution in [1.82, 2.24) is 5.32 Å². The lowest BCUT2D eigenvalue weighted by Gasteiger charge is -2.08. The van der Waals surface area contributed by atoms with Crippen LogP contribution < -0.4 is 15.4 Å². The Hall–Kier alpha value is -3.09. The number of nitro groups is 1. The Kier molecular flexibility index (Phi) is 7.24. The number of nitrogens with one attached hydrogen (secondary N) is 2. The summed E-state index contributed by atoms with van der Waals surface area (Å²) in [6, 6.07) is 15.6. The third-order valence-electron chi connectivity index (χ3n) is 3.41. The van der Waals surface area contributed by atoms with Gasteiger partial charge in [0.2, 0.25) is 5.91 Å². The van der Waals surface area contributed by atoms with Gasteiger partial charge >= 0.3 is 0 Å². The van der Waals surface area contributed by atoms with Gasteiger partial charge in [0, 0.05) is 37.3 Å². The van der Waals surface area contributed by atoms with Gasteiger partial charge in [0.25, 0.3) is 5.69 Å². The van der Waals surface area contributed by atoms with E-state index in [1.165, 1.54) is 12.1 Å². The van der Waals surface area contributed by atoms with Gasteiger partial charge < -0.3 is 15.4 Å². The molecule has 0 fully saturated rings. The number of para-hydroxylation sites is 1. The van der Waals surface area contributed by atoms with E-state index in [2.05, 4.69) is 10.6 Å². The Morgan fingerprint density at radius 1 is 1.04 bits per heavy atom. The van der Waals surface area contributed by atoms with Gasteiger partial charge in [-0.3, -0.25) is 14.9 Å². The first-order chi connectivity index (χ1) is 12.1. The zero-order chi connectivity index (χ0) is 17.9. The number of anilines is 1. The summed E-state index contributed by atoms with van der Waals surface area (Å²) < 4.78 is 5.53. The first-order valence-corrected chi connectivity index (χ1v) is 8.08. The zero-order valence-electron chi connectivity index (χ0n) is 13.8. The van der Waals surface area contributed by atoms with Crippen molar-refractivity contribution < 1.29 is 14.5 Å². The molecule has 2 N–H and O–H groups in total. The smallest absolute Gasteiger partial charge is 0.269 e. The fraction of sp³-hybridized carbons (Fsp3) is 0.278. The molecule has 132 valence electrons. The average Bonchev–Trinajstić information content (AvgIpc) is 2.63. The SMILES string of the molecule is O=C(CCCOc1ccccc1)NCCNc1ccc([N+](=O)[O-])cc1. The van der Waals surface area contributed by atoms with Crippen molar-refractivity contribution in [3.63, 3.8) is 0 Å². The Bertz CT molecular complexity index is 674. The number of ether oxygens (including phenoxy) is 1. The lowest BCUT2D eigenvalue weighted by atomic mass is 10.3. The van der Waals surface area contributed by atoms with Crippen LogP contribution in [0.4, 0.5) is 11.4 Å². The van der Waals surface area contributed by atoms with Crippen LogP contribution in [0.5, 0.6) is 5.75 Å². The summed E-state index contributed by atoms with van der Waals surface area (Å²) in [5, 5.41) is 16.5. The number of rotatable bonds is 10. The maximum absolute atomic E-state index is 11.7. The molecule has 2 aromatic carbocycles. The van der Waals surface area contributed by atoms with Crippen LogP contribution in [0.25, 0.3) is 0 Å². The summed E-state index contributed by atoms with van der Waals surface area (Å²) in [4.78, 5) is 21.8. The molecule has 0 saturated carbocycles. The Morgan fingerprint density at radius 2 is 1.76 bits per heavy atom. The van der Waals surface area contributed by atoms with Gasteiger partial charge in [-0.15, -0.1) is 0 Å². The van der Waals surface area contributed by atoms with Crippen LogP contribution >= 0.6 is 0 Å². The van der Waals surface area contributed by atoms with Crippen LogP contribution in [-0.4, -0.2) is 30.5 Å². The Morgan fingerprint density at radius 3 is 2.44 bits per heavy atom. The largest absolute Gasteiger partial charge is 0.494 e. The number of carbonyl (C=O) groups excluding carboxylic acids is 1. The molecule has 0 atom stereocenters. The number of nitrogens with zero attached hydrogens (tertiary/aromatic N) is 1. The van der Waals surface area contributed by atoms with E-state index in [9.17, 15) is 14.9 Å². The standard InChI is InChI=1S/C18H21N3O4/c22-18(7-4-14-25-17-5-2-1-3-6-17)20-13-12-19-15-8-10-16(11-9-15)21(23)24/h1-3,5-6,8-11,19H,4,7,12-14H2,(H,20,22). The fourth-order valence-electron chi connectivity index (χ4n) is 2.14. The predicted molar refractivity (Wildman–Crippen MR) is 95.8 cm³/mol. The molecule has 0 aliphatic carbocycles. The number of nitro benzene ring substituents is 1. The van der Waals surface area contributed by atoms with Crippen LogP contribution in [0.2, 0.25) is 0 Å². The van der Waals surface area contributed by atoms with Gasteiger partial charge in [0.1, 0.15) is 5.75 Å². The lowest BCUT2D eigenvalue weighted by molar-refractivity contribution is -0.384. The summed E-state index contributed by atoms with van der Waals surface area (Å²) in [5.74, 6) is 0.775. The van der Waals surface area contributed by atoms with E-state index in [0.717, 1.165) is 11.4 Å². The van der Waals surface area contributed by atoms with Crippen molar-refractivity contribution in [2.75, 3.05) is 25.0 Å². The highest BCUT2D eigenvalue weighted by Gasteiger charge is 2.04. The van der Waals surface area contributed by atoms with Crippen molar-refractivity contribution in [3.8, 4) is 5.75 Å². The highest BCUT2D eigenvalue weighted by molar-refractivity contribution is 5.75. The van der Waals surface area contributed by atoms with Crippen LogP contribution in [0.1, 0.15) is 12.8 Å². The minimum atomic E-state index is -0.439. The third-order valence-corrected chi connectivity index (χ3v) is 3.41. The lowest BCUT2D eigenvalue weighted by Crippen LogP contribution is -2.28. The zero-order valence-corrected chi connectivity index (χ0v) is 13.8. The molecule has 0 unspecified atom stereocenters. The summed E-state index contributed by atoms with van der Waals surface area (Å²) >= 11 is 0. The summed E-state index contributed by atoms with van der Waals surface area (Å²) in [6.45, 7) is 1.53. The molecule has 0 aromatic heterocycles. The van der Waals surface area contributed by atoms with Crippen LogP contribution in [0.3, 0.4) is 0 Å². The van der Waals surface area contributed by atoms with Gasteiger partial charge in [0.15, 0.2) is 0 Å². The molecular formula is C18H21N3O4. The van der Waals surface area contributed by atoms with E-state index in [1.54, 1.807) is 12.1 Å². The molecule has 2 aromatic rings. The molecule has 0 aliphatic rings. The van der Waals surface area contributed by atoms with Crippen molar-refractivity contribution in [3.05, 3.63) is 64.7 Å². The van der Waals surface area contributed by atoms with E-state index in [-0.39, 0.29) is 11.6 Å². The second-order valence-corrected chi connectivity index (χ2v) is 5.35. The maximum atomic E-state index is 11.7. The molecule has 0 saturated heterocycles. The summed E-state index contributed by atoms with van der Waals surface area (Å²) in [6.07, 6.45) is 1.06. The molecule has 0 bridgehead atoms. The molecular weight excluding hydrogens is 322 g/mol. The summed E-state index contributed by atoms with van der Waals surface area (Å²) in [7, 11) is 0. The normalized spacial score (nSPS) is 10.1. The average molecular weight is 343 g/mol. The monoisotopic (exact) mass is 343 g/mol. The molecule has 25 heavy (non-hydrogen) atoms. The van der Waals surface area contributed by atoms with Crippen LogP contribution in [0.15, 0.2) is 54.6 Å². The number of hydrogen-bond acceptors (Lipinski definition) is 5. The second-order valence-electron chi connectivity index (χ2n) is 5.35. The molecule has 0 heterocycles. The molecule has 0 spiro atoms. The summed E-state index contributed by atoms with van der Waals surface area (Å²) in [5.41, 5.74) is 0.827. The van der Waals surface area contributed by atoms with E-state index in [4.69, 9.17) is 4.74 Å². The molecule has 2 rings (SSSR count). The van der Waals surface area contributed by atoms with E-state index in [1.807, 2.05) is 30.3 Å². The van der Waals surface area contributed by atoms with E-state index in [0.29, 0.717) is 32.5 Å². The number of amides is 1. The van der Waals surface area contributed by atoms with Crippen molar-refractivity contribution in [2.24, 2.45) is 0 Å². The maximum Gasteiger partial charge on any atom is 0.269 e. The van der Waals surface area contributed by atoms with Crippen molar-refractivity contribution in [1.29, 1.82) is 0 Å². The van der Waals surface area contributed by atoms with E-state index >= 15 is 0 Å². The molecule has 0 radical (unpaired) electrons. The third kappa shape index (κ3) is 6.90. The highest BCUT2D eigenvalue weighted by Crippen LogP contribution is 2.14. The molecule has 0 aliphatic heterocycles. The number of hydrogen-bond donors (Lipinski definition) is 2. The highest BCUT2D eigenvalue weighted by atomic mass is 16.6. The van der Waals surface area contributed by atoms with Crippen molar-refractivity contribution >= 4 is 17.3 Å². The second kappa shape index (κ2) is 9.92. The minimum absolute atomic E-state index is 0.0258. The molecule has 7 nitrogen and oxygen atoms in total. The number of non-ortho nitro benzene ring substituents is 1. The molecule has 1 amide bonds. The van der Waals surface area contributed by atoms with Crippen molar-refractivity contribution in [2.45, 2.75) is 12.8 Å². The van der Waals surface area contributed by atoms with Crippen LogP contribution in [-0.2, 0) is 4.79 Å². The van der Waals surface area contributed by atoms with Gasteiger partial charge in [-0.05, 0) is 30.7 Å². The number of carbonyl (C=O) groups is 1. The van der Waals surface area contributed by atoms with Crippen LogP contribution in [0, 0.1) is 10.1 Å². The minimum Gasteiger partial charge on any atom is -0.494 e. The van der Waals surface area contributed by atoms with Gasteiger partial charge in [0.05, 0.1) is 11.5 Å². The van der Waals surface area contributed by atoms with Gasteiger partial charge in [-0.2, -0.15) is 0 Å². The topological polar surface area (TPSA) is 93.5 Å². The first-order valence-electron chi connectivity index (χ1n) is 8.08. The van der Waals surface area contributed by atoms with Gasteiger partial charge in [-0.25, -0.2) is 0 Å². The van der Waals surface area contributed by atoms with Gasteiger partial charge in [-0.1, -0.05) is 18.2 Å². The Labute approximate surface area is 146 Å². The van der Waals surface area contributed by atoms with E-state index < -0.39 is 4.92 Å². The molecule has 7 heteroatoms. The quantitative estimate of drug-likeness (QED) is 0.393. The fourth-order valence-corrected chi connectivity index (χ4v) is 2.14. The Balaban J connectivity index is 1.54.